The van der Waals surface area contributed by atoms with Crippen LogP contribution in [0.5, 0.6) is 0 Å². The zero-order valence-corrected chi connectivity index (χ0v) is 19.2. The molecular weight excluding hydrogens is 477 g/mol. The fraction of sp³-hybridized carbons (Fsp3) is 0.154. The number of hydrogen-bond acceptors (Lipinski definition) is 5. The molecule has 1 N–H and O–H groups in total. The van der Waals surface area contributed by atoms with Crippen molar-refractivity contribution in [2.75, 3.05) is 7.11 Å². The van der Waals surface area contributed by atoms with Crippen LogP contribution in [-0.2, 0) is 10.9 Å². The molecule has 0 saturated carbocycles. The Kier molecular flexibility index (Phi) is 5.82. The summed E-state index contributed by atoms with van der Waals surface area (Å²) in [5.41, 5.74) is 0.744. The Labute approximate surface area is 201 Å². The highest BCUT2D eigenvalue weighted by molar-refractivity contribution is 7.23. The predicted molar refractivity (Wildman–Crippen MR) is 131 cm³/mol. The van der Waals surface area contributed by atoms with E-state index in [1.165, 1.54) is 35.0 Å². The van der Waals surface area contributed by atoms with Crippen molar-refractivity contribution < 1.29 is 23.0 Å². The number of aromatic nitrogens is 2. The van der Waals surface area contributed by atoms with Crippen LogP contribution < -0.4 is 5.56 Å². The van der Waals surface area contributed by atoms with Gasteiger partial charge >= 0.3 is 6.18 Å². The molecule has 5 nitrogen and oxygen atoms in total. The minimum Gasteiger partial charge on any atom is -0.509 e. The average Bonchev–Trinajstić information content (AvgIpc) is 3.22. The van der Waals surface area contributed by atoms with E-state index in [9.17, 15) is 23.1 Å². The molecule has 178 valence electrons. The number of halogens is 3. The lowest BCUT2D eigenvalue weighted by Gasteiger charge is -2.18. The van der Waals surface area contributed by atoms with E-state index in [0.29, 0.717) is 28.0 Å². The first-order chi connectivity index (χ1) is 16.8. The highest BCUT2D eigenvalue weighted by atomic mass is 32.1. The van der Waals surface area contributed by atoms with Crippen molar-refractivity contribution >= 4 is 32.6 Å². The second kappa shape index (κ2) is 8.83. The summed E-state index contributed by atoms with van der Waals surface area (Å²) in [5, 5.41) is 10.5. The number of para-hydroxylation sites is 1. The Bertz CT molecular complexity index is 1580. The molecule has 0 aliphatic heterocycles. The lowest BCUT2D eigenvalue weighted by atomic mass is 10.00. The Hall–Kier alpha value is -3.69. The molecule has 0 fully saturated rings. The van der Waals surface area contributed by atoms with Gasteiger partial charge in [0, 0.05) is 12.7 Å². The first-order valence-corrected chi connectivity index (χ1v) is 11.5. The van der Waals surface area contributed by atoms with Crippen molar-refractivity contribution in [3.63, 3.8) is 0 Å². The molecule has 0 saturated heterocycles. The largest absolute Gasteiger partial charge is 0.509 e. The Balaban J connectivity index is 1.73. The monoisotopic (exact) mass is 496 g/mol. The maximum Gasteiger partial charge on any atom is 0.416 e. The Morgan fingerprint density at radius 3 is 2.60 bits per heavy atom. The van der Waals surface area contributed by atoms with Crippen LogP contribution in [0.2, 0.25) is 0 Å². The van der Waals surface area contributed by atoms with Gasteiger partial charge in [-0.3, -0.25) is 9.20 Å². The van der Waals surface area contributed by atoms with Gasteiger partial charge in [0.05, 0.1) is 27.0 Å². The van der Waals surface area contributed by atoms with E-state index in [1.54, 1.807) is 24.3 Å². The van der Waals surface area contributed by atoms with Gasteiger partial charge in [0.15, 0.2) is 4.96 Å². The van der Waals surface area contributed by atoms with E-state index in [-0.39, 0.29) is 22.6 Å². The van der Waals surface area contributed by atoms with Crippen LogP contribution in [0.3, 0.4) is 0 Å². The molecule has 0 spiro atoms. The van der Waals surface area contributed by atoms with Crippen molar-refractivity contribution in [2.24, 2.45) is 0 Å². The summed E-state index contributed by atoms with van der Waals surface area (Å²) in [7, 11) is 1.50. The van der Waals surface area contributed by atoms with Gasteiger partial charge < -0.3 is 9.84 Å². The summed E-state index contributed by atoms with van der Waals surface area (Å²) in [4.78, 5) is 18.8. The quantitative estimate of drug-likeness (QED) is 0.355. The van der Waals surface area contributed by atoms with Crippen molar-refractivity contribution in [2.45, 2.75) is 18.7 Å². The number of allylic oxidation sites excluding steroid dienone is 3. The molecule has 0 radical (unpaired) electrons. The number of ether oxygens (including phenoxy) is 1. The number of alkyl halides is 3. The molecule has 9 heteroatoms. The Morgan fingerprint density at radius 1 is 1.14 bits per heavy atom. The summed E-state index contributed by atoms with van der Waals surface area (Å²) >= 11 is 1.34. The van der Waals surface area contributed by atoms with Gasteiger partial charge in [-0.1, -0.05) is 47.8 Å². The van der Waals surface area contributed by atoms with E-state index < -0.39 is 17.8 Å². The number of nitrogens with zero attached hydrogens (tertiary/aromatic N) is 2. The van der Waals surface area contributed by atoms with E-state index in [2.05, 4.69) is 4.98 Å². The predicted octanol–water partition coefficient (Wildman–Crippen LogP) is 6.40. The second-order valence-electron chi connectivity index (χ2n) is 7.98. The van der Waals surface area contributed by atoms with E-state index in [1.807, 2.05) is 24.3 Å². The van der Waals surface area contributed by atoms with Crippen LogP contribution in [-0.4, -0.2) is 27.7 Å². The van der Waals surface area contributed by atoms with Crippen LogP contribution in [0.1, 0.15) is 17.7 Å². The third kappa shape index (κ3) is 4.17. The molecule has 1 atom stereocenters. The molecule has 35 heavy (non-hydrogen) atoms. The number of methoxy groups -OCH3 is 1. The summed E-state index contributed by atoms with van der Waals surface area (Å²) in [6.45, 7) is 0. The molecule has 4 aromatic rings. The molecule has 0 bridgehead atoms. The second-order valence-corrected chi connectivity index (χ2v) is 8.99. The van der Waals surface area contributed by atoms with Crippen molar-refractivity contribution in [1.29, 1.82) is 0 Å². The molecule has 2 aromatic carbocycles. The smallest absolute Gasteiger partial charge is 0.416 e. The molecule has 2 heterocycles. The average molecular weight is 497 g/mol. The Morgan fingerprint density at radius 2 is 1.89 bits per heavy atom. The lowest BCUT2D eigenvalue weighted by molar-refractivity contribution is -0.137. The summed E-state index contributed by atoms with van der Waals surface area (Å²) in [6.07, 6.45) is 2.38. The first-order valence-electron chi connectivity index (χ1n) is 10.7. The number of thiazole rings is 1. The fourth-order valence-electron chi connectivity index (χ4n) is 4.06. The summed E-state index contributed by atoms with van der Waals surface area (Å²) < 4.78 is 46.9. The van der Waals surface area contributed by atoms with Crippen LogP contribution in [0, 0.1) is 0 Å². The number of fused-ring (bicyclic) bond motifs is 3. The van der Waals surface area contributed by atoms with E-state index >= 15 is 0 Å². The molecular formula is C26H19F3N2O3S. The number of hydrogen-bond donors (Lipinski definition) is 1. The van der Waals surface area contributed by atoms with Crippen molar-refractivity contribution in [1.82, 2.24) is 9.38 Å². The van der Waals surface area contributed by atoms with Crippen LogP contribution >= 0.6 is 11.3 Å². The number of aliphatic hydroxyl groups excluding tert-OH is 1. The normalized spacial score (nSPS) is 16.7. The summed E-state index contributed by atoms with van der Waals surface area (Å²) in [6, 6.07) is 11.8. The van der Waals surface area contributed by atoms with Gasteiger partial charge in [0.1, 0.15) is 11.9 Å². The highest BCUT2D eigenvalue weighted by Crippen LogP contribution is 2.32. The molecule has 1 unspecified atom stereocenters. The summed E-state index contributed by atoms with van der Waals surface area (Å²) in [5.74, 6) is 0.0574. The molecule has 2 aromatic heterocycles. The molecule has 5 rings (SSSR count). The van der Waals surface area contributed by atoms with E-state index in [0.717, 1.165) is 16.8 Å². The van der Waals surface area contributed by atoms with Gasteiger partial charge in [-0.15, -0.1) is 0 Å². The number of aliphatic hydroxyl groups is 1. The standard InChI is InChI=1S/C26H19F3N2O3S/c1-34-20-7-4-5-16(23(20)32)11-14-18-22(15-9-12-17(13-10-15)26(27,28)29)24(33)31-19-6-2-3-8-21(19)35-25(31)30-18/h2-6,8-14,20,32H,7H2,1H3/b14-11+. The molecule has 1 aliphatic carbocycles. The molecule has 0 amide bonds. The van der Waals surface area contributed by atoms with Gasteiger partial charge in [-0.25, -0.2) is 4.98 Å². The number of benzene rings is 2. The third-order valence-corrected chi connectivity index (χ3v) is 6.86. The topological polar surface area (TPSA) is 63.8 Å². The fourth-order valence-corrected chi connectivity index (χ4v) is 5.09. The zero-order chi connectivity index (χ0) is 24.7. The van der Waals surface area contributed by atoms with Crippen LogP contribution in [0.25, 0.3) is 32.4 Å². The van der Waals surface area contributed by atoms with Gasteiger partial charge in [-0.2, -0.15) is 13.2 Å². The number of rotatable bonds is 4. The van der Waals surface area contributed by atoms with Gasteiger partial charge in [0.2, 0.25) is 0 Å². The van der Waals surface area contributed by atoms with Crippen LogP contribution in [0.4, 0.5) is 13.2 Å². The van der Waals surface area contributed by atoms with Crippen molar-refractivity contribution in [3.8, 4) is 11.1 Å². The molecule has 1 aliphatic rings. The minimum atomic E-state index is -4.49. The lowest BCUT2D eigenvalue weighted by Crippen LogP contribution is -2.18. The zero-order valence-electron chi connectivity index (χ0n) is 18.4. The third-order valence-electron chi connectivity index (χ3n) is 5.84. The van der Waals surface area contributed by atoms with E-state index in [4.69, 9.17) is 4.74 Å². The van der Waals surface area contributed by atoms with Gasteiger partial charge in [0.25, 0.3) is 5.56 Å². The maximum absolute atomic E-state index is 13.7. The minimum absolute atomic E-state index is 0.0574. The first kappa shape index (κ1) is 23.1. The maximum atomic E-state index is 13.7. The van der Waals surface area contributed by atoms with Crippen LogP contribution in [0.15, 0.2) is 82.9 Å². The van der Waals surface area contributed by atoms with Gasteiger partial charge in [-0.05, 0) is 48.4 Å². The SMILES string of the molecule is COC1CC=CC(/C=C/c2nc3sc4ccccc4n3c(=O)c2-c2ccc(C(F)(F)F)cc2)=C1O. The highest BCUT2D eigenvalue weighted by Gasteiger charge is 2.30. The van der Waals surface area contributed by atoms with Crippen molar-refractivity contribution in [3.05, 3.63) is 99.7 Å².